The summed E-state index contributed by atoms with van der Waals surface area (Å²) >= 11 is 17.2. The standard InChI is InChI=1S/C14H13Cl2FN2S/c1-7-6-18-14(17)12(13(7)20)19-8(2)10-4-3-9(15)5-11(10)16/h3-6,8,19H,1-2H3,(H,18,20)/t8-/m1/s1. The molecule has 2 aromatic rings. The number of hydrogen-bond acceptors (Lipinski definition) is 2. The Labute approximate surface area is 131 Å². The summed E-state index contributed by atoms with van der Waals surface area (Å²) in [4.78, 5) is 2.54. The number of rotatable bonds is 3. The first-order valence-corrected chi connectivity index (χ1v) is 7.16. The number of aromatic amines is 1. The largest absolute Gasteiger partial charge is 0.374 e. The van der Waals surface area contributed by atoms with Crippen molar-refractivity contribution in [3.8, 4) is 0 Å². The summed E-state index contributed by atoms with van der Waals surface area (Å²) in [6, 6.07) is 5.01. The van der Waals surface area contributed by atoms with E-state index in [1.54, 1.807) is 18.3 Å². The molecule has 0 aliphatic rings. The van der Waals surface area contributed by atoms with Gasteiger partial charge in [-0.25, -0.2) is 0 Å². The number of H-pyrrole nitrogens is 1. The molecule has 2 nitrogen and oxygen atoms in total. The van der Waals surface area contributed by atoms with Gasteiger partial charge in [-0.1, -0.05) is 41.5 Å². The summed E-state index contributed by atoms with van der Waals surface area (Å²) in [5.74, 6) is -0.488. The Kier molecular flexibility index (Phi) is 4.68. The molecule has 0 saturated heterocycles. The smallest absolute Gasteiger partial charge is 0.215 e. The molecule has 0 amide bonds. The molecule has 1 atom stereocenters. The van der Waals surface area contributed by atoms with Gasteiger partial charge in [-0.3, -0.25) is 0 Å². The molecule has 1 heterocycles. The zero-order valence-corrected chi connectivity index (χ0v) is 13.3. The van der Waals surface area contributed by atoms with Crippen LogP contribution in [0, 0.1) is 17.4 Å². The number of nitrogens with one attached hydrogen (secondary N) is 2. The fourth-order valence-corrected chi connectivity index (χ4v) is 2.66. The molecular formula is C14H13Cl2FN2S. The van der Waals surface area contributed by atoms with E-state index in [4.69, 9.17) is 35.4 Å². The van der Waals surface area contributed by atoms with Gasteiger partial charge in [0.25, 0.3) is 0 Å². The fourth-order valence-electron chi connectivity index (χ4n) is 1.88. The molecule has 0 fully saturated rings. The van der Waals surface area contributed by atoms with Crippen LogP contribution in [0.3, 0.4) is 0 Å². The monoisotopic (exact) mass is 330 g/mol. The minimum absolute atomic E-state index is 0.203. The van der Waals surface area contributed by atoms with Crippen molar-refractivity contribution in [1.82, 2.24) is 4.98 Å². The maximum Gasteiger partial charge on any atom is 0.215 e. The van der Waals surface area contributed by atoms with Crippen LogP contribution in [0.1, 0.15) is 24.1 Å². The van der Waals surface area contributed by atoms with Crippen LogP contribution in [-0.2, 0) is 0 Å². The molecule has 0 saturated carbocycles. The first-order valence-electron chi connectivity index (χ1n) is 5.99. The van der Waals surface area contributed by atoms with Crippen molar-refractivity contribution >= 4 is 41.1 Å². The van der Waals surface area contributed by atoms with E-state index in [0.717, 1.165) is 11.1 Å². The highest BCUT2D eigenvalue weighted by Gasteiger charge is 2.14. The van der Waals surface area contributed by atoms with Crippen molar-refractivity contribution < 1.29 is 4.39 Å². The number of benzene rings is 1. The maximum atomic E-state index is 13.8. The number of hydrogen-bond donors (Lipinski definition) is 2. The summed E-state index contributed by atoms with van der Waals surface area (Å²) in [6.45, 7) is 3.70. The predicted octanol–water partition coefficient (Wildman–Crippen LogP) is 5.67. The second-order valence-electron chi connectivity index (χ2n) is 4.52. The lowest BCUT2D eigenvalue weighted by Gasteiger charge is -2.18. The molecule has 20 heavy (non-hydrogen) atoms. The average molecular weight is 331 g/mol. The minimum atomic E-state index is -0.488. The molecule has 2 N–H and O–H groups in total. The van der Waals surface area contributed by atoms with Gasteiger partial charge in [-0.05, 0) is 37.1 Å². The lowest BCUT2D eigenvalue weighted by atomic mass is 10.1. The zero-order chi connectivity index (χ0) is 14.9. The van der Waals surface area contributed by atoms with Gasteiger partial charge < -0.3 is 10.3 Å². The Hall–Kier alpha value is -1.10. The van der Waals surface area contributed by atoms with Gasteiger partial charge in [0.1, 0.15) is 5.69 Å². The van der Waals surface area contributed by atoms with Gasteiger partial charge in [0.2, 0.25) is 5.95 Å². The van der Waals surface area contributed by atoms with Gasteiger partial charge in [0.15, 0.2) is 0 Å². The quantitative estimate of drug-likeness (QED) is 0.560. The van der Waals surface area contributed by atoms with Crippen molar-refractivity contribution in [3.63, 3.8) is 0 Å². The summed E-state index contributed by atoms with van der Waals surface area (Å²) in [6.07, 6.45) is 1.54. The van der Waals surface area contributed by atoms with Crippen LogP contribution in [0.5, 0.6) is 0 Å². The normalized spacial score (nSPS) is 12.2. The van der Waals surface area contributed by atoms with Gasteiger partial charge in [0.05, 0.1) is 10.6 Å². The molecule has 1 aromatic carbocycles. The molecule has 1 aromatic heterocycles. The first-order chi connectivity index (χ1) is 9.40. The van der Waals surface area contributed by atoms with E-state index in [2.05, 4.69) is 10.3 Å². The summed E-state index contributed by atoms with van der Waals surface area (Å²) < 4.78 is 14.3. The van der Waals surface area contributed by atoms with Gasteiger partial charge in [-0.15, -0.1) is 0 Å². The molecular weight excluding hydrogens is 318 g/mol. The van der Waals surface area contributed by atoms with E-state index in [1.165, 1.54) is 0 Å². The van der Waals surface area contributed by atoms with E-state index in [-0.39, 0.29) is 11.7 Å². The van der Waals surface area contributed by atoms with Crippen LogP contribution in [-0.4, -0.2) is 4.98 Å². The number of halogens is 3. The number of pyridine rings is 1. The second-order valence-corrected chi connectivity index (χ2v) is 5.77. The lowest BCUT2D eigenvalue weighted by Crippen LogP contribution is -2.10. The van der Waals surface area contributed by atoms with E-state index in [9.17, 15) is 4.39 Å². The van der Waals surface area contributed by atoms with Crippen LogP contribution in [0.25, 0.3) is 0 Å². The van der Waals surface area contributed by atoms with Crippen LogP contribution in [0.2, 0.25) is 10.0 Å². The molecule has 0 spiro atoms. The molecule has 0 bridgehead atoms. The molecule has 6 heteroatoms. The number of anilines is 1. The fraction of sp³-hybridized carbons (Fsp3) is 0.214. The Morgan fingerprint density at radius 3 is 2.70 bits per heavy atom. The highest BCUT2D eigenvalue weighted by molar-refractivity contribution is 7.71. The van der Waals surface area contributed by atoms with Crippen molar-refractivity contribution in [1.29, 1.82) is 0 Å². The molecule has 0 radical (unpaired) electrons. The van der Waals surface area contributed by atoms with E-state index in [0.29, 0.717) is 14.6 Å². The Balaban J connectivity index is 2.35. The Morgan fingerprint density at radius 2 is 2.05 bits per heavy atom. The van der Waals surface area contributed by atoms with Crippen LogP contribution in [0.15, 0.2) is 24.4 Å². The molecule has 0 unspecified atom stereocenters. The highest BCUT2D eigenvalue weighted by atomic mass is 35.5. The van der Waals surface area contributed by atoms with Crippen molar-refractivity contribution in [2.24, 2.45) is 0 Å². The third-order valence-electron chi connectivity index (χ3n) is 3.01. The van der Waals surface area contributed by atoms with Crippen LogP contribution in [0.4, 0.5) is 10.1 Å². The third kappa shape index (κ3) is 3.14. The van der Waals surface area contributed by atoms with Gasteiger partial charge >= 0.3 is 0 Å². The zero-order valence-electron chi connectivity index (χ0n) is 10.9. The molecule has 0 aliphatic carbocycles. The minimum Gasteiger partial charge on any atom is -0.374 e. The number of aryl methyl sites for hydroxylation is 1. The molecule has 106 valence electrons. The van der Waals surface area contributed by atoms with E-state index < -0.39 is 5.95 Å². The predicted molar refractivity (Wildman–Crippen MR) is 84.8 cm³/mol. The number of aromatic nitrogens is 1. The highest BCUT2D eigenvalue weighted by Crippen LogP contribution is 2.29. The average Bonchev–Trinajstić information content (AvgIpc) is 2.39. The van der Waals surface area contributed by atoms with Crippen molar-refractivity contribution in [3.05, 3.63) is 56.0 Å². The van der Waals surface area contributed by atoms with Crippen molar-refractivity contribution in [2.75, 3.05) is 5.32 Å². The van der Waals surface area contributed by atoms with Crippen LogP contribution >= 0.6 is 35.4 Å². The topological polar surface area (TPSA) is 27.8 Å². The SMILES string of the molecule is Cc1c[nH]c(F)c(N[C@H](C)c2ccc(Cl)cc2Cl)c1=S. The first kappa shape index (κ1) is 15.3. The summed E-state index contributed by atoms with van der Waals surface area (Å²) in [7, 11) is 0. The Bertz CT molecular complexity index is 700. The lowest BCUT2D eigenvalue weighted by molar-refractivity contribution is 0.583. The van der Waals surface area contributed by atoms with Gasteiger partial charge in [-0.2, -0.15) is 4.39 Å². The summed E-state index contributed by atoms with van der Waals surface area (Å²) in [5.41, 5.74) is 1.91. The van der Waals surface area contributed by atoms with Crippen molar-refractivity contribution in [2.45, 2.75) is 19.9 Å². The molecule has 2 rings (SSSR count). The third-order valence-corrected chi connectivity index (χ3v) is 4.10. The van der Waals surface area contributed by atoms with Gasteiger partial charge in [0, 0.05) is 16.2 Å². The molecule has 0 aliphatic heterocycles. The van der Waals surface area contributed by atoms with Crippen LogP contribution < -0.4 is 5.32 Å². The second kappa shape index (κ2) is 6.12. The summed E-state index contributed by atoms with van der Waals surface area (Å²) in [5, 5.41) is 4.15. The Morgan fingerprint density at radius 1 is 1.35 bits per heavy atom. The van der Waals surface area contributed by atoms with E-state index >= 15 is 0 Å². The van der Waals surface area contributed by atoms with E-state index in [1.807, 2.05) is 19.9 Å². The maximum absolute atomic E-state index is 13.8.